The van der Waals surface area contributed by atoms with Crippen molar-refractivity contribution in [3.63, 3.8) is 0 Å². The normalized spacial score (nSPS) is 10.9. The highest BCUT2D eigenvalue weighted by Crippen LogP contribution is 2.17. The molecule has 1 heterocycles. The zero-order valence-electron chi connectivity index (χ0n) is 13.4. The molecule has 0 aliphatic carbocycles. The highest BCUT2D eigenvalue weighted by atomic mass is 16.5. The lowest BCUT2D eigenvalue weighted by atomic mass is 10.1. The Morgan fingerprint density at radius 3 is 2.64 bits per heavy atom. The van der Waals surface area contributed by atoms with Crippen LogP contribution in [-0.2, 0) is 17.8 Å². The molecule has 5 heteroatoms. The number of hydrogen-bond acceptors (Lipinski definition) is 4. The van der Waals surface area contributed by atoms with Gasteiger partial charge in [-0.3, -0.25) is 4.79 Å². The summed E-state index contributed by atoms with van der Waals surface area (Å²) in [5.74, 6) is 0. The van der Waals surface area contributed by atoms with Gasteiger partial charge in [0.1, 0.15) is 0 Å². The van der Waals surface area contributed by atoms with Gasteiger partial charge in [-0.05, 0) is 19.9 Å². The molecule has 0 saturated heterocycles. The monoisotopic (exact) mass is 301 g/mol. The lowest BCUT2D eigenvalue weighted by molar-refractivity contribution is 0.199. The van der Waals surface area contributed by atoms with Crippen LogP contribution in [0.5, 0.6) is 0 Å². The van der Waals surface area contributed by atoms with Crippen molar-refractivity contribution >= 4 is 0 Å². The molecule has 0 fully saturated rings. The Labute approximate surface area is 130 Å². The molecule has 2 aromatic rings. The van der Waals surface area contributed by atoms with Gasteiger partial charge in [0, 0.05) is 37.9 Å². The smallest absolute Gasteiger partial charge is 0.271 e. The van der Waals surface area contributed by atoms with E-state index in [9.17, 15) is 4.79 Å². The van der Waals surface area contributed by atoms with E-state index in [1.54, 1.807) is 7.11 Å². The minimum atomic E-state index is -0.0386. The average Bonchev–Trinajstić information content (AvgIpc) is 2.53. The van der Waals surface area contributed by atoms with E-state index in [2.05, 4.69) is 29.5 Å². The summed E-state index contributed by atoms with van der Waals surface area (Å²) < 4.78 is 6.52. The summed E-state index contributed by atoms with van der Waals surface area (Å²) in [4.78, 5) is 12.3. The van der Waals surface area contributed by atoms with Gasteiger partial charge in [-0.15, -0.1) is 0 Å². The summed E-state index contributed by atoms with van der Waals surface area (Å²) in [7, 11) is 1.66. The van der Waals surface area contributed by atoms with E-state index in [1.165, 1.54) is 10.2 Å². The van der Waals surface area contributed by atoms with Crippen LogP contribution < -0.4 is 10.9 Å². The van der Waals surface area contributed by atoms with E-state index in [0.29, 0.717) is 26.2 Å². The Bertz CT molecular complexity index is 663. The van der Waals surface area contributed by atoms with Gasteiger partial charge >= 0.3 is 0 Å². The fraction of sp³-hybridized carbons (Fsp3) is 0.412. The second kappa shape index (κ2) is 7.87. The minimum absolute atomic E-state index is 0.0386. The zero-order chi connectivity index (χ0) is 15.9. The molecule has 2 rings (SSSR count). The van der Waals surface area contributed by atoms with Gasteiger partial charge in [-0.25, -0.2) is 4.68 Å². The molecule has 0 aliphatic heterocycles. The third-order valence-corrected chi connectivity index (χ3v) is 3.49. The van der Waals surface area contributed by atoms with Gasteiger partial charge in [0.05, 0.1) is 12.3 Å². The standard InChI is InChI=1S/C17H23N3O2/c1-4-20-17(21)15(12-18-9-10-22-3)11-16(19-20)14-7-5-13(2)6-8-14/h5-8,11,18H,4,9-10,12H2,1-3H3. The van der Waals surface area contributed by atoms with Gasteiger partial charge < -0.3 is 10.1 Å². The molecule has 0 bridgehead atoms. The molecule has 0 unspecified atom stereocenters. The number of methoxy groups -OCH3 is 1. The van der Waals surface area contributed by atoms with Crippen LogP contribution in [0.15, 0.2) is 35.1 Å². The Kier molecular flexibility index (Phi) is 5.86. The van der Waals surface area contributed by atoms with E-state index in [-0.39, 0.29) is 5.56 Å². The van der Waals surface area contributed by atoms with Gasteiger partial charge in [0.2, 0.25) is 0 Å². The molecule has 0 saturated carbocycles. The van der Waals surface area contributed by atoms with Gasteiger partial charge in [0.15, 0.2) is 0 Å². The molecular formula is C17H23N3O2. The Hall–Kier alpha value is -1.98. The van der Waals surface area contributed by atoms with Crippen molar-refractivity contribution in [2.45, 2.75) is 26.9 Å². The first-order chi connectivity index (χ1) is 10.7. The van der Waals surface area contributed by atoms with Gasteiger partial charge in [-0.2, -0.15) is 5.10 Å². The van der Waals surface area contributed by atoms with Crippen LogP contribution in [0.4, 0.5) is 0 Å². The molecule has 1 N–H and O–H groups in total. The summed E-state index contributed by atoms with van der Waals surface area (Å²) in [5.41, 5.74) is 3.73. The van der Waals surface area contributed by atoms with Crippen LogP contribution in [-0.4, -0.2) is 30.0 Å². The van der Waals surface area contributed by atoms with Crippen molar-refractivity contribution < 1.29 is 4.74 Å². The SMILES string of the molecule is CCn1nc(-c2ccc(C)cc2)cc(CNCCOC)c1=O. The van der Waals surface area contributed by atoms with Crippen LogP contribution >= 0.6 is 0 Å². The largest absolute Gasteiger partial charge is 0.383 e. The highest BCUT2D eigenvalue weighted by molar-refractivity contribution is 5.59. The fourth-order valence-electron chi connectivity index (χ4n) is 2.20. The summed E-state index contributed by atoms with van der Waals surface area (Å²) in [6.45, 7) is 6.39. The first-order valence-electron chi connectivity index (χ1n) is 7.53. The highest BCUT2D eigenvalue weighted by Gasteiger charge is 2.09. The predicted molar refractivity (Wildman–Crippen MR) is 87.9 cm³/mol. The summed E-state index contributed by atoms with van der Waals surface area (Å²) in [5, 5.41) is 7.66. The minimum Gasteiger partial charge on any atom is -0.383 e. The molecule has 118 valence electrons. The molecule has 0 radical (unpaired) electrons. The van der Waals surface area contributed by atoms with Crippen LogP contribution in [0, 0.1) is 6.92 Å². The first kappa shape index (κ1) is 16.4. The number of nitrogens with zero attached hydrogens (tertiary/aromatic N) is 2. The maximum Gasteiger partial charge on any atom is 0.271 e. The molecule has 0 aliphatic rings. The van der Waals surface area contributed by atoms with E-state index < -0.39 is 0 Å². The van der Waals surface area contributed by atoms with Crippen molar-refractivity contribution in [1.29, 1.82) is 0 Å². The van der Waals surface area contributed by atoms with E-state index >= 15 is 0 Å². The van der Waals surface area contributed by atoms with Crippen LogP contribution in [0.25, 0.3) is 11.3 Å². The molecule has 5 nitrogen and oxygen atoms in total. The summed E-state index contributed by atoms with van der Waals surface area (Å²) in [6.07, 6.45) is 0. The van der Waals surface area contributed by atoms with Gasteiger partial charge in [-0.1, -0.05) is 29.8 Å². The van der Waals surface area contributed by atoms with Crippen molar-refractivity contribution in [2.75, 3.05) is 20.3 Å². The van der Waals surface area contributed by atoms with Crippen LogP contribution in [0.2, 0.25) is 0 Å². The summed E-state index contributed by atoms with van der Waals surface area (Å²) >= 11 is 0. The van der Waals surface area contributed by atoms with E-state index in [4.69, 9.17) is 4.74 Å². The Balaban J connectivity index is 2.31. The predicted octanol–water partition coefficient (Wildman–Crippen LogP) is 1.97. The van der Waals surface area contributed by atoms with Crippen molar-refractivity contribution in [3.8, 4) is 11.3 Å². The molecule has 0 atom stereocenters. The quantitative estimate of drug-likeness (QED) is 0.795. The molecule has 22 heavy (non-hydrogen) atoms. The topological polar surface area (TPSA) is 56.1 Å². The lowest BCUT2D eigenvalue weighted by Crippen LogP contribution is -2.30. The maximum atomic E-state index is 12.3. The average molecular weight is 301 g/mol. The second-order valence-corrected chi connectivity index (χ2v) is 5.21. The number of benzene rings is 1. The molecule has 1 aromatic carbocycles. The van der Waals surface area contributed by atoms with Crippen molar-refractivity contribution in [3.05, 3.63) is 51.8 Å². The number of rotatable bonds is 7. The number of ether oxygens (including phenoxy) is 1. The van der Waals surface area contributed by atoms with E-state index in [0.717, 1.165) is 16.8 Å². The molecule has 0 amide bonds. The first-order valence-corrected chi connectivity index (χ1v) is 7.53. The third kappa shape index (κ3) is 4.02. The van der Waals surface area contributed by atoms with Crippen LogP contribution in [0.3, 0.4) is 0 Å². The summed E-state index contributed by atoms with van der Waals surface area (Å²) in [6, 6.07) is 10.0. The number of aryl methyl sites for hydroxylation is 2. The fourth-order valence-corrected chi connectivity index (χ4v) is 2.20. The second-order valence-electron chi connectivity index (χ2n) is 5.21. The number of nitrogens with one attached hydrogen (secondary N) is 1. The van der Waals surface area contributed by atoms with Crippen molar-refractivity contribution in [1.82, 2.24) is 15.1 Å². The zero-order valence-corrected chi connectivity index (χ0v) is 13.4. The number of aromatic nitrogens is 2. The maximum absolute atomic E-state index is 12.3. The lowest BCUT2D eigenvalue weighted by Gasteiger charge is -2.10. The third-order valence-electron chi connectivity index (χ3n) is 3.49. The number of hydrogen-bond donors (Lipinski definition) is 1. The molecule has 0 spiro atoms. The van der Waals surface area contributed by atoms with Gasteiger partial charge in [0.25, 0.3) is 5.56 Å². The Morgan fingerprint density at radius 1 is 1.27 bits per heavy atom. The Morgan fingerprint density at radius 2 is 2.00 bits per heavy atom. The van der Waals surface area contributed by atoms with Crippen LogP contribution in [0.1, 0.15) is 18.1 Å². The van der Waals surface area contributed by atoms with E-state index in [1.807, 2.05) is 25.1 Å². The molecular weight excluding hydrogens is 278 g/mol. The van der Waals surface area contributed by atoms with Crippen molar-refractivity contribution in [2.24, 2.45) is 0 Å². The molecule has 1 aromatic heterocycles.